The highest BCUT2D eigenvalue weighted by molar-refractivity contribution is 5.85. The fourth-order valence-corrected chi connectivity index (χ4v) is 5.80. The van der Waals surface area contributed by atoms with Crippen LogP contribution in [0.1, 0.15) is 56.6 Å². The van der Waals surface area contributed by atoms with Gasteiger partial charge in [-0.25, -0.2) is 4.98 Å². The zero-order chi connectivity index (χ0) is 24.5. The Morgan fingerprint density at radius 2 is 1.83 bits per heavy atom. The lowest BCUT2D eigenvalue weighted by atomic mass is 10.1. The molecule has 2 aliphatic rings. The van der Waals surface area contributed by atoms with Crippen LogP contribution >= 0.6 is 0 Å². The van der Waals surface area contributed by atoms with Crippen molar-refractivity contribution in [2.45, 2.75) is 57.5 Å². The van der Waals surface area contributed by atoms with Crippen LogP contribution in [0.5, 0.6) is 0 Å². The van der Waals surface area contributed by atoms with Crippen molar-refractivity contribution in [3.05, 3.63) is 58.6 Å². The van der Waals surface area contributed by atoms with E-state index < -0.39 is 0 Å². The number of nitriles is 1. The Bertz CT molecular complexity index is 1500. The summed E-state index contributed by atoms with van der Waals surface area (Å²) < 4.78 is 4.05. The summed E-state index contributed by atoms with van der Waals surface area (Å²) in [6, 6.07) is 12.2. The summed E-state index contributed by atoms with van der Waals surface area (Å²) in [4.78, 5) is 24.8. The first-order valence-electron chi connectivity index (χ1n) is 13.1. The number of likely N-dealkylation sites (tertiary alicyclic amines) is 1. The van der Waals surface area contributed by atoms with Crippen LogP contribution in [0.4, 0.5) is 11.6 Å². The molecule has 0 radical (unpaired) electrons. The second-order valence-corrected chi connectivity index (χ2v) is 10.1. The molecule has 0 amide bonds. The molecule has 3 aromatic heterocycles. The second kappa shape index (κ2) is 9.75. The molecule has 8 heteroatoms. The molecule has 36 heavy (non-hydrogen) atoms. The van der Waals surface area contributed by atoms with E-state index in [0.29, 0.717) is 17.0 Å². The van der Waals surface area contributed by atoms with Crippen molar-refractivity contribution in [3.63, 3.8) is 0 Å². The largest absolute Gasteiger partial charge is 0.346 e. The minimum Gasteiger partial charge on any atom is -0.346 e. The van der Waals surface area contributed by atoms with Gasteiger partial charge >= 0.3 is 0 Å². The molecule has 4 aromatic rings. The molecule has 2 fully saturated rings. The van der Waals surface area contributed by atoms with Gasteiger partial charge in [0, 0.05) is 53.5 Å². The molecule has 0 spiro atoms. The lowest BCUT2D eigenvalue weighted by Crippen LogP contribution is -2.32. The van der Waals surface area contributed by atoms with E-state index in [0.717, 1.165) is 44.5 Å². The third kappa shape index (κ3) is 4.35. The predicted octanol–water partition coefficient (Wildman–Crippen LogP) is 4.96. The quantitative estimate of drug-likeness (QED) is 0.418. The van der Waals surface area contributed by atoms with Crippen LogP contribution in [0.2, 0.25) is 0 Å². The minimum absolute atomic E-state index is 0.0806. The summed E-state index contributed by atoms with van der Waals surface area (Å²) in [5, 5.41) is 14.7. The van der Waals surface area contributed by atoms with E-state index in [1.54, 1.807) is 16.8 Å². The first-order chi connectivity index (χ1) is 17.7. The Morgan fingerprint density at radius 1 is 1.00 bits per heavy atom. The molecule has 1 aromatic carbocycles. The number of pyridine rings is 1. The van der Waals surface area contributed by atoms with Gasteiger partial charge in [0.15, 0.2) is 0 Å². The fraction of sp³-hybridized carbons (Fsp3) is 0.429. The standard InChI is InChI=1S/C28H31N7O/c29-18-21-16-22-19-30-28(32-26(22)35(27(21)36)24-6-2-3-7-24)31-23-8-9-25-20(17-23)10-13-34(25)15-14-33-11-4-1-5-12-33/h8-10,13,16-17,19,24H,1-7,11-12,14-15H2,(H,30,31,32). The molecule has 6 rings (SSSR count). The maximum absolute atomic E-state index is 13.0. The van der Waals surface area contributed by atoms with Gasteiger partial charge in [-0.2, -0.15) is 10.2 Å². The van der Waals surface area contributed by atoms with Crippen molar-refractivity contribution in [1.82, 2.24) is 24.0 Å². The summed E-state index contributed by atoms with van der Waals surface area (Å²) >= 11 is 0. The van der Waals surface area contributed by atoms with Gasteiger partial charge in [0.2, 0.25) is 5.95 Å². The SMILES string of the molecule is N#Cc1cc2cnc(Nc3ccc4c(ccn4CCN4CCCCC4)c3)nc2n(C2CCCC2)c1=O. The zero-order valence-corrected chi connectivity index (χ0v) is 20.5. The number of benzene rings is 1. The van der Waals surface area contributed by atoms with Gasteiger partial charge < -0.3 is 14.8 Å². The maximum atomic E-state index is 13.0. The Labute approximate surface area is 210 Å². The van der Waals surface area contributed by atoms with Gasteiger partial charge in [-0.15, -0.1) is 0 Å². The molecule has 1 saturated heterocycles. The molecular weight excluding hydrogens is 450 g/mol. The smallest absolute Gasteiger partial charge is 0.270 e. The van der Waals surface area contributed by atoms with E-state index in [1.807, 2.05) is 6.07 Å². The third-order valence-corrected chi connectivity index (χ3v) is 7.72. The van der Waals surface area contributed by atoms with Crippen molar-refractivity contribution in [2.75, 3.05) is 25.0 Å². The van der Waals surface area contributed by atoms with Gasteiger partial charge in [0.05, 0.1) is 0 Å². The van der Waals surface area contributed by atoms with Crippen molar-refractivity contribution in [1.29, 1.82) is 5.26 Å². The molecule has 4 heterocycles. The van der Waals surface area contributed by atoms with E-state index in [-0.39, 0.29) is 17.2 Å². The van der Waals surface area contributed by atoms with Crippen LogP contribution in [-0.2, 0) is 6.54 Å². The highest BCUT2D eigenvalue weighted by Crippen LogP contribution is 2.31. The number of rotatable bonds is 6. The molecule has 1 N–H and O–H groups in total. The fourth-order valence-electron chi connectivity index (χ4n) is 5.80. The van der Waals surface area contributed by atoms with Crippen LogP contribution in [0.3, 0.4) is 0 Å². The first kappa shape index (κ1) is 22.7. The lowest BCUT2D eigenvalue weighted by Gasteiger charge is -2.26. The summed E-state index contributed by atoms with van der Waals surface area (Å²) in [6.45, 7) is 4.51. The van der Waals surface area contributed by atoms with Gasteiger partial charge in [-0.1, -0.05) is 19.3 Å². The van der Waals surface area contributed by atoms with Crippen molar-refractivity contribution in [3.8, 4) is 6.07 Å². The average molecular weight is 482 g/mol. The number of piperidine rings is 1. The van der Waals surface area contributed by atoms with Crippen LogP contribution in [0.15, 0.2) is 47.5 Å². The molecule has 8 nitrogen and oxygen atoms in total. The molecule has 0 bridgehead atoms. The highest BCUT2D eigenvalue weighted by Gasteiger charge is 2.23. The van der Waals surface area contributed by atoms with E-state index in [1.165, 1.54) is 43.3 Å². The lowest BCUT2D eigenvalue weighted by molar-refractivity contribution is 0.221. The zero-order valence-electron chi connectivity index (χ0n) is 20.5. The van der Waals surface area contributed by atoms with Gasteiger partial charge in [-0.3, -0.25) is 9.36 Å². The normalized spacial score (nSPS) is 17.1. The second-order valence-electron chi connectivity index (χ2n) is 10.1. The van der Waals surface area contributed by atoms with E-state index >= 15 is 0 Å². The van der Waals surface area contributed by atoms with Crippen LogP contribution in [0, 0.1) is 11.3 Å². The average Bonchev–Trinajstić information content (AvgIpc) is 3.58. The number of aromatic nitrogens is 4. The molecule has 1 aliphatic heterocycles. The van der Waals surface area contributed by atoms with Crippen LogP contribution < -0.4 is 10.9 Å². The number of hydrogen-bond donors (Lipinski definition) is 1. The monoisotopic (exact) mass is 481 g/mol. The number of nitrogens with zero attached hydrogens (tertiary/aromatic N) is 6. The Kier molecular flexibility index (Phi) is 6.16. The minimum atomic E-state index is -0.256. The van der Waals surface area contributed by atoms with Crippen LogP contribution in [0.25, 0.3) is 21.9 Å². The predicted molar refractivity (Wildman–Crippen MR) is 142 cm³/mol. The highest BCUT2D eigenvalue weighted by atomic mass is 16.1. The van der Waals surface area contributed by atoms with E-state index in [9.17, 15) is 10.1 Å². The molecule has 0 atom stereocenters. The van der Waals surface area contributed by atoms with E-state index in [2.05, 4.69) is 50.2 Å². The summed E-state index contributed by atoms with van der Waals surface area (Å²) in [5.74, 6) is 0.447. The molecule has 1 aliphatic carbocycles. The number of hydrogen-bond acceptors (Lipinski definition) is 6. The van der Waals surface area contributed by atoms with Crippen molar-refractivity contribution in [2.24, 2.45) is 0 Å². The summed E-state index contributed by atoms with van der Waals surface area (Å²) in [5.41, 5.74) is 2.60. The molecule has 184 valence electrons. The van der Waals surface area contributed by atoms with E-state index in [4.69, 9.17) is 4.98 Å². The number of fused-ring (bicyclic) bond motifs is 2. The first-order valence-corrected chi connectivity index (χ1v) is 13.1. The third-order valence-electron chi connectivity index (χ3n) is 7.72. The molecular formula is C28H31N7O. The summed E-state index contributed by atoms with van der Waals surface area (Å²) in [7, 11) is 0. The number of anilines is 2. The molecule has 0 unspecified atom stereocenters. The maximum Gasteiger partial charge on any atom is 0.270 e. The topological polar surface area (TPSA) is 91.8 Å². The Balaban J connectivity index is 1.26. The number of nitrogens with one attached hydrogen (secondary N) is 1. The van der Waals surface area contributed by atoms with Gasteiger partial charge in [0.25, 0.3) is 5.56 Å². The van der Waals surface area contributed by atoms with Gasteiger partial charge in [0.1, 0.15) is 17.3 Å². The van der Waals surface area contributed by atoms with Crippen LogP contribution in [-0.4, -0.2) is 43.6 Å². The van der Waals surface area contributed by atoms with Crippen molar-refractivity contribution < 1.29 is 0 Å². The van der Waals surface area contributed by atoms with Gasteiger partial charge in [-0.05, 0) is 69.1 Å². The van der Waals surface area contributed by atoms with Crippen molar-refractivity contribution >= 4 is 33.6 Å². The Morgan fingerprint density at radius 3 is 2.64 bits per heavy atom. The Hall–Kier alpha value is -3.70. The summed E-state index contributed by atoms with van der Waals surface area (Å²) in [6.07, 6.45) is 11.9. The molecule has 1 saturated carbocycles.